The van der Waals surface area contributed by atoms with Crippen LogP contribution in [-0.2, 0) is 13.5 Å². The van der Waals surface area contributed by atoms with Crippen molar-refractivity contribution < 1.29 is 9.90 Å². The monoisotopic (exact) mass is 231 g/mol. The number of rotatable bonds is 2. The molecule has 2 aromatic rings. The lowest BCUT2D eigenvalue weighted by Gasteiger charge is -2.08. The molecule has 0 aliphatic carbocycles. The maximum Gasteiger partial charge on any atom is 0.335 e. The molecule has 0 radical (unpaired) electrons. The van der Waals surface area contributed by atoms with E-state index in [2.05, 4.69) is 0 Å². The second kappa shape index (κ2) is 4.05. The summed E-state index contributed by atoms with van der Waals surface area (Å²) in [6.07, 6.45) is 2.52. The maximum absolute atomic E-state index is 11.9. The summed E-state index contributed by atoms with van der Waals surface area (Å²) in [7, 11) is 1.70. The molecule has 4 nitrogen and oxygen atoms in total. The molecule has 0 bridgehead atoms. The van der Waals surface area contributed by atoms with Gasteiger partial charge in [0.15, 0.2) is 0 Å². The van der Waals surface area contributed by atoms with Crippen LogP contribution in [-0.4, -0.2) is 15.6 Å². The van der Waals surface area contributed by atoms with Crippen molar-refractivity contribution in [3.05, 3.63) is 45.9 Å². The third-order valence-corrected chi connectivity index (χ3v) is 2.89. The van der Waals surface area contributed by atoms with Crippen molar-refractivity contribution >= 4 is 16.7 Å². The Bertz CT molecular complexity index is 655. The summed E-state index contributed by atoms with van der Waals surface area (Å²) >= 11 is 0. The number of nitrogens with zero attached hydrogens (tertiary/aromatic N) is 1. The van der Waals surface area contributed by atoms with Crippen LogP contribution in [0.4, 0.5) is 0 Å². The molecule has 0 saturated carbocycles. The topological polar surface area (TPSA) is 59.3 Å². The van der Waals surface area contributed by atoms with E-state index >= 15 is 0 Å². The maximum atomic E-state index is 11.9. The standard InChI is InChI=1S/C13H13NO3/c1-3-8-7-14(2)12(15)10-5-4-9(13(16)17)6-11(8)10/h4-7H,3H2,1-2H3,(H,16,17). The minimum absolute atomic E-state index is 0.103. The fraction of sp³-hybridized carbons (Fsp3) is 0.231. The molecular formula is C13H13NO3. The lowest BCUT2D eigenvalue weighted by atomic mass is 10.0. The van der Waals surface area contributed by atoms with E-state index < -0.39 is 5.97 Å². The number of aromatic nitrogens is 1. The minimum atomic E-state index is -0.977. The van der Waals surface area contributed by atoms with E-state index in [0.717, 1.165) is 17.4 Å². The second-order valence-corrected chi connectivity index (χ2v) is 3.99. The molecule has 0 aliphatic heterocycles. The number of aromatic carboxylic acids is 1. The molecule has 0 atom stereocenters. The summed E-state index contributed by atoms with van der Waals surface area (Å²) in [5.41, 5.74) is 1.08. The van der Waals surface area contributed by atoms with Crippen LogP contribution in [0, 0.1) is 0 Å². The number of hydrogen-bond acceptors (Lipinski definition) is 2. The molecule has 0 fully saturated rings. The number of pyridine rings is 1. The smallest absolute Gasteiger partial charge is 0.335 e. The van der Waals surface area contributed by atoms with Crippen LogP contribution < -0.4 is 5.56 Å². The van der Waals surface area contributed by atoms with Crippen molar-refractivity contribution in [2.75, 3.05) is 0 Å². The van der Waals surface area contributed by atoms with E-state index in [9.17, 15) is 9.59 Å². The Kier molecular flexibility index (Phi) is 2.71. The summed E-state index contributed by atoms with van der Waals surface area (Å²) < 4.78 is 1.53. The van der Waals surface area contributed by atoms with Crippen molar-refractivity contribution in [2.45, 2.75) is 13.3 Å². The highest BCUT2D eigenvalue weighted by Crippen LogP contribution is 2.18. The van der Waals surface area contributed by atoms with Crippen LogP contribution in [0.2, 0.25) is 0 Å². The van der Waals surface area contributed by atoms with Crippen LogP contribution in [0.15, 0.2) is 29.2 Å². The van der Waals surface area contributed by atoms with E-state index in [1.807, 2.05) is 6.92 Å². The molecule has 1 aromatic heterocycles. The largest absolute Gasteiger partial charge is 0.478 e. The van der Waals surface area contributed by atoms with Crippen molar-refractivity contribution in [3.63, 3.8) is 0 Å². The third kappa shape index (κ3) is 1.82. The second-order valence-electron chi connectivity index (χ2n) is 3.99. The van der Waals surface area contributed by atoms with Crippen LogP contribution in [0.3, 0.4) is 0 Å². The number of fused-ring (bicyclic) bond motifs is 1. The van der Waals surface area contributed by atoms with Gasteiger partial charge in [-0.05, 0) is 35.6 Å². The summed E-state index contributed by atoms with van der Waals surface area (Å²) in [6, 6.07) is 4.61. The van der Waals surface area contributed by atoms with Crippen LogP contribution in [0.1, 0.15) is 22.8 Å². The van der Waals surface area contributed by atoms with Gasteiger partial charge in [0.2, 0.25) is 0 Å². The molecule has 0 unspecified atom stereocenters. The normalized spacial score (nSPS) is 10.7. The highest BCUT2D eigenvalue weighted by atomic mass is 16.4. The fourth-order valence-electron chi connectivity index (χ4n) is 1.96. The number of benzene rings is 1. The molecule has 1 N–H and O–H groups in total. The Labute approximate surface area is 98.1 Å². The Balaban J connectivity index is 2.89. The van der Waals surface area contributed by atoms with Crippen LogP contribution in [0.25, 0.3) is 10.8 Å². The first-order valence-corrected chi connectivity index (χ1v) is 5.40. The first-order chi connectivity index (χ1) is 8.04. The summed E-state index contributed by atoms with van der Waals surface area (Å²) in [5.74, 6) is -0.977. The zero-order valence-electron chi connectivity index (χ0n) is 9.73. The minimum Gasteiger partial charge on any atom is -0.478 e. The number of carboxylic acids is 1. The first-order valence-electron chi connectivity index (χ1n) is 5.40. The van der Waals surface area contributed by atoms with Gasteiger partial charge in [-0.2, -0.15) is 0 Å². The molecule has 17 heavy (non-hydrogen) atoms. The Hall–Kier alpha value is -2.10. The molecule has 0 amide bonds. The van der Waals surface area contributed by atoms with Gasteiger partial charge in [0.25, 0.3) is 5.56 Å². The summed E-state index contributed by atoms with van der Waals surface area (Å²) in [6.45, 7) is 1.98. The summed E-state index contributed by atoms with van der Waals surface area (Å²) in [5, 5.41) is 10.2. The molecule has 0 spiro atoms. The summed E-state index contributed by atoms with van der Waals surface area (Å²) in [4.78, 5) is 22.8. The molecular weight excluding hydrogens is 218 g/mol. The zero-order valence-corrected chi connectivity index (χ0v) is 9.73. The Morgan fingerprint density at radius 3 is 2.65 bits per heavy atom. The van der Waals surface area contributed by atoms with Gasteiger partial charge in [-0.15, -0.1) is 0 Å². The molecule has 0 saturated heterocycles. The third-order valence-electron chi connectivity index (χ3n) is 2.89. The van der Waals surface area contributed by atoms with Gasteiger partial charge in [0.05, 0.1) is 5.56 Å². The van der Waals surface area contributed by atoms with E-state index in [1.54, 1.807) is 25.4 Å². The molecule has 4 heteroatoms. The Morgan fingerprint density at radius 2 is 2.06 bits per heavy atom. The van der Waals surface area contributed by atoms with Gasteiger partial charge in [-0.1, -0.05) is 6.92 Å². The Morgan fingerprint density at radius 1 is 1.35 bits per heavy atom. The van der Waals surface area contributed by atoms with Gasteiger partial charge < -0.3 is 9.67 Å². The van der Waals surface area contributed by atoms with Gasteiger partial charge in [-0.3, -0.25) is 4.79 Å². The average molecular weight is 231 g/mol. The van der Waals surface area contributed by atoms with E-state index in [-0.39, 0.29) is 11.1 Å². The molecule has 2 rings (SSSR count). The zero-order chi connectivity index (χ0) is 12.6. The van der Waals surface area contributed by atoms with Crippen molar-refractivity contribution in [2.24, 2.45) is 7.05 Å². The lowest BCUT2D eigenvalue weighted by Crippen LogP contribution is -2.17. The highest BCUT2D eigenvalue weighted by molar-refractivity contribution is 5.95. The first kappa shape index (κ1) is 11.4. The molecule has 1 heterocycles. The number of aryl methyl sites for hydroxylation is 2. The van der Waals surface area contributed by atoms with Crippen LogP contribution >= 0.6 is 0 Å². The van der Waals surface area contributed by atoms with E-state index in [4.69, 9.17) is 5.11 Å². The highest BCUT2D eigenvalue weighted by Gasteiger charge is 2.09. The lowest BCUT2D eigenvalue weighted by molar-refractivity contribution is 0.0697. The number of carbonyl (C=O) groups is 1. The van der Waals surface area contributed by atoms with Crippen molar-refractivity contribution in [1.29, 1.82) is 0 Å². The quantitative estimate of drug-likeness (QED) is 0.857. The van der Waals surface area contributed by atoms with Gasteiger partial charge in [0.1, 0.15) is 0 Å². The van der Waals surface area contributed by atoms with E-state index in [1.165, 1.54) is 10.6 Å². The predicted molar refractivity (Wildman–Crippen MR) is 65.5 cm³/mol. The van der Waals surface area contributed by atoms with E-state index in [0.29, 0.717) is 5.39 Å². The predicted octanol–water partition coefficient (Wildman–Crippen LogP) is 1.80. The number of carboxylic acid groups (broad SMARTS) is 1. The van der Waals surface area contributed by atoms with Crippen molar-refractivity contribution in [1.82, 2.24) is 4.57 Å². The molecule has 0 aliphatic rings. The fourth-order valence-corrected chi connectivity index (χ4v) is 1.96. The van der Waals surface area contributed by atoms with Gasteiger partial charge >= 0.3 is 5.97 Å². The van der Waals surface area contributed by atoms with Gasteiger partial charge in [-0.25, -0.2) is 4.79 Å². The average Bonchev–Trinajstić information content (AvgIpc) is 2.33. The van der Waals surface area contributed by atoms with Gasteiger partial charge in [0, 0.05) is 18.6 Å². The molecule has 88 valence electrons. The molecule has 1 aromatic carbocycles. The number of hydrogen-bond donors (Lipinski definition) is 1. The van der Waals surface area contributed by atoms with Crippen molar-refractivity contribution in [3.8, 4) is 0 Å². The van der Waals surface area contributed by atoms with Crippen LogP contribution in [0.5, 0.6) is 0 Å². The SMILES string of the molecule is CCc1cn(C)c(=O)c2ccc(C(=O)O)cc12.